The summed E-state index contributed by atoms with van der Waals surface area (Å²) in [4.78, 5) is 17.6. The molecule has 0 saturated heterocycles. The normalized spacial score (nSPS) is 12.5. The Morgan fingerprint density at radius 1 is 1.26 bits per heavy atom. The number of nitrogens with one attached hydrogen (secondary N) is 1. The third kappa shape index (κ3) is 5.68. The molecule has 11 heteroatoms. The molecular weight excluding hydrogens is 525 g/mol. The Hall–Kier alpha value is -1.43. The molecule has 0 aromatic heterocycles. The van der Waals surface area contributed by atoms with E-state index in [-0.39, 0.29) is 10.7 Å². The van der Waals surface area contributed by atoms with Gasteiger partial charge in [-0.2, -0.15) is 4.98 Å². The molecule has 0 spiro atoms. The number of benzene rings is 1. The minimum absolute atomic E-state index is 0.000546. The lowest BCUT2D eigenvalue weighted by molar-refractivity contribution is 0.201. The quantitative estimate of drug-likeness (QED) is 0.296. The van der Waals surface area contributed by atoms with Crippen LogP contribution >= 0.6 is 39.0 Å². The predicted octanol–water partition coefficient (Wildman–Crippen LogP) is 5.53. The molecule has 0 amide bonds. The Morgan fingerprint density at radius 2 is 1.90 bits per heavy atom. The maximum atomic E-state index is 13.8. The number of aromatic nitrogens is 2. The largest absolute Gasteiger partial charge is 0.354 e. The first-order valence-electron chi connectivity index (χ1n) is 9.52. The van der Waals surface area contributed by atoms with Crippen molar-refractivity contribution in [1.82, 2.24) is 9.55 Å². The first-order valence-corrected chi connectivity index (χ1v) is 13.6. The Balaban J connectivity index is 1.98. The van der Waals surface area contributed by atoms with Crippen molar-refractivity contribution in [3.63, 3.8) is 0 Å². The van der Waals surface area contributed by atoms with E-state index in [2.05, 4.69) is 25.6 Å². The van der Waals surface area contributed by atoms with Crippen molar-refractivity contribution < 1.29 is 12.8 Å². The van der Waals surface area contributed by atoms with Gasteiger partial charge in [0, 0.05) is 15.0 Å². The zero-order chi connectivity index (χ0) is 23.0. The number of sulfonamides is 1. The Morgan fingerprint density at radius 3 is 2.52 bits per heavy atom. The molecule has 0 radical (unpaired) electrons. The molecule has 3 rings (SSSR count). The van der Waals surface area contributed by atoms with Crippen molar-refractivity contribution in [1.29, 1.82) is 0 Å². The van der Waals surface area contributed by atoms with Gasteiger partial charge in [0.05, 0.1) is 9.10 Å². The standard InChI is InChI=1S/C20H23BrFN3O3S3/c1-12-13(2)30-18(29-11-5-10-20(3,4)22)16-17(23-19(26)25(12)16)24-31(27,28)15-8-6-14(21)7-9-15/h6-9H,5,10-11H2,1-4H3,(H,23,24,26). The molecule has 0 fully saturated rings. The van der Waals surface area contributed by atoms with Gasteiger partial charge in [-0.15, -0.1) is 23.1 Å². The van der Waals surface area contributed by atoms with Crippen molar-refractivity contribution in [2.75, 3.05) is 10.5 Å². The van der Waals surface area contributed by atoms with Crippen molar-refractivity contribution in [3.8, 4) is 5.69 Å². The summed E-state index contributed by atoms with van der Waals surface area (Å²) in [6.45, 7) is 6.79. The molecule has 1 N–H and O–H groups in total. The van der Waals surface area contributed by atoms with Crippen LogP contribution in [0.1, 0.15) is 37.3 Å². The smallest absolute Gasteiger partial charge is 0.261 e. The lowest BCUT2D eigenvalue weighted by atomic mass is 10.1. The fourth-order valence-electron chi connectivity index (χ4n) is 2.94. The number of anilines is 1. The minimum Gasteiger partial charge on any atom is -0.261 e. The molecule has 31 heavy (non-hydrogen) atoms. The van der Waals surface area contributed by atoms with Crippen LogP contribution in [0.15, 0.2) is 42.6 Å². The second-order valence-electron chi connectivity index (χ2n) is 7.69. The lowest BCUT2D eigenvalue weighted by Gasteiger charge is -2.17. The molecule has 6 nitrogen and oxygen atoms in total. The number of nitrogens with zero attached hydrogens (tertiary/aromatic N) is 2. The van der Waals surface area contributed by atoms with E-state index in [1.807, 2.05) is 6.92 Å². The maximum Gasteiger partial charge on any atom is 0.354 e. The van der Waals surface area contributed by atoms with E-state index in [1.165, 1.54) is 39.8 Å². The average molecular weight is 549 g/mol. The maximum absolute atomic E-state index is 13.8. The predicted molar refractivity (Wildman–Crippen MR) is 128 cm³/mol. The van der Waals surface area contributed by atoms with E-state index in [4.69, 9.17) is 0 Å². The molecule has 0 saturated carbocycles. The molecule has 2 aliphatic heterocycles. The highest BCUT2D eigenvalue weighted by Crippen LogP contribution is 2.39. The monoisotopic (exact) mass is 547 g/mol. The number of halogens is 2. The number of fused-ring (bicyclic) bond motifs is 1. The highest BCUT2D eigenvalue weighted by atomic mass is 79.9. The number of imidazole rings is 1. The fraction of sp³-hybridized carbons (Fsp3) is 0.400. The highest BCUT2D eigenvalue weighted by Gasteiger charge is 2.27. The number of aryl methyl sites for hydroxylation is 1. The van der Waals surface area contributed by atoms with E-state index in [1.54, 1.807) is 32.9 Å². The molecule has 168 valence electrons. The second kappa shape index (κ2) is 9.21. The Labute approximate surface area is 197 Å². The number of thioether (sulfide) groups is 1. The first-order chi connectivity index (χ1) is 14.4. The van der Waals surface area contributed by atoms with Gasteiger partial charge in [-0.25, -0.2) is 17.6 Å². The van der Waals surface area contributed by atoms with E-state index in [0.717, 1.165) is 13.6 Å². The van der Waals surface area contributed by atoms with Crippen LogP contribution in [0.5, 0.6) is 0 Å². The molecule has 0 aliphatic carbocycles. The summed E-state index contributed by atoms with van der Waals surface area (Å²) in [5, 5.41) is 0. The lowest BCUT2D eigenvalue weighted by Crippen LogP contribution is -2.17. The van der Waals surface area contributed by atoms with Crippen LogP contribution in [0.2, 0.25) is 0 Å². The summed E-state index contributed by atoms with van der Waals surface area (Å²) in [5.41, 5.74) is -0.639. The zero-order valence-corrected chi connectivity index (χ0v) is 21.6. The van der Waals surface area contributed by atoms with E-state index < -0.39 is 21.4 Å². The summed E-state index contributed by atoms with van der Waals surface area (Å²) in [6, 6.07) is 6.19. The van der Waals surface area contributed by atoms with E-state index in [0.29, 0.717) is 30.0 Å². The van der Waals surface area contributed by atoms with Crippen LogP contribution in [-0.2, 0) is 10.0 Å². The van der Waals surface area contributed by atoms with Gasteiger partial charge in [0.2, 0.25) is 0 Å². The van der Waals surface area contributed by atoms with Crippen LogP contribution < -0.4 is 10.4 Å². The van der Waals surface area contributed by atoms with Gasteiger partial charge >= 0.3 is 5.69 Å². The Kier molecular flexibility index (Phi) is 7.19. The molecule has 0 unspecified atom stereocenters. The van der Waals surface area contributed by atoms with Crippen LogP contribution in [0.25, 0.3) is 5.69 Å². The van der Waals surface area contributed by atoms with Crippen molar-refractivity contribution in [2.45, 2.75) is 55.3 Å². The van der Waals surface area contributed by atoms with Crippen LogP contribution in [0, 0.1) is 13.8 Å². The third-order valence-electron chi connectivity index (χ3n) is 4.63. The number of hydrogen-bond acceptors (Lipinski definition) is 6. The summed E-state index contributed by atoms with van der Waals surface area (Å²) in [6.07, 6.45) is 1.07. The fourth-order valence-corrected chi connectivity index (χ4v) is 6.68. The second-order valence-corrected chi connectivity index (χ2v) is 12.9. The molecular formula is C20H23BrFN3O3S3. The van der Waals surface area contributed by atoms with Gasteiger partial charge in [0.1, 0.15) is 11.4 Å². The van der Waals surface area contributed by atoms with Gasteiger partial charge in [-0.1, -0.05) is 15.9 Å². The summed E-state index contributed by atoms with van der Waals surface area (Å²) < 4.78 is 45.0. The molecule has 0 atom stereocenters. The summed E-state index contributed by atoms with van der Waals surface area (Å²) in [7, 11) is -3.93. The molecule has 1 aromatic rings. The van der Waals surface area contributed by atoms with Crippen molar-refractivity contribution in [3.05, 3.63) is 49.8 Å². The van der Waals surface area contributed by atoms with Crippen LogP contribution in [0.3, 0.4) is 0 Å². The van der Waals surface area contributed by atoms with Gasteiger partial charge in [0.25, 0.3) is 10.0 Å². The highest BCUT2D eigenvalue weighted by molar-refractivity contribution is 9.10. The zero-order valence-electron chi connectivity index (χ0n) is 17.5. The van der Waals surface area contributed by atoms with Gasteiger partial charge in [0.15, 0.2) is 5.82 Å². The molecule has 2 heterocycles. The number of rotatable bonds is 8. The Bertz CT molecular complexity index is 1220. The van der Waals surface area contributed by atoms with Gasteiger partial charge in [-0.3, -0.25) is 9.29 Å². The molecule has 1 aromatic carbocycles. The number of hydrogen-bond donors (Lipinski definition) is 1. The van der Waals surface area contributed by atoms with Crippen LogP contribution in [-0.4, -0.2) is 29.4 Å². The average Bonchev–Trinajstić information content (AvgIpc) is 2.97. The van der Waals surface area contributed by atoms with Crippen molar-refractivity contribution in [2.24, 2.45) is 0 Å². The summed E-state index contributed by atoms with van der Waals surface area (Å²) >= 11 is 6.23. The molecule has 0 bridgehead atoms. The van der Waals surface area contributed by atoms with Crippen LogP contribution in [0.4, 0.5) is 10.2 Å². The first kappa shape index (κ1) is 24.2. The number of alkyl halides is 1. The molecule has 2 aliphatic rings. The minimum atomic E-state index is -3.93. The van der Waals surface area contributed by atoms with E-state index >= 15 is 0 Å². The topological polar surface area (TPSA) is 81.1 Å². The van der Waals surface area contributed by atoms with Gasteiger partial charge in [-0.05, 0) is 70.6 Å². The third-order valence-corrected chi connectivity index (χ3v) is 9.05. The van der Waals surface area contributed by atoms with Gasteiger partial charge < -0.3 is 0 Å². The SMILES string of the molecule is Cc1sc(SCCCC(C)(C)F)c2c(NS(=O)(=O)c3ccc(Br)cc3)nc(=O)n-2c1C. The van der Waals surface area contributed by atoms with E-state index in [9.17, 15) is 17.6 Å². The van der Waals surface area contributed by atoms with Crippen molar-refractivity contribution >= 4 is 54.9 Å². The summed E-state index contributed by atoms with van der Waals surface area (Å²) in [5.74, 6) is 0.640.